The molecular weight excluding hydrogens is 202 g/mol. The normalized spacial score (nSPS) is 11.1. The number of aromatic nitrogens is 1. The second-order valence-electron chi connectivity index (χ2n) is 3.79. The van der Waals surface area contributed by atoms with E-state index in [1.807, 2.05) is 19.1 Å². The van der Waals surface area contributed by atoms with Crippen molar-refractivity contribution in [3.63, 3.8) is 0 Å². The molecule has 0 radical (unpaired) electrons. The van der Waals surface area contributed by atoms with Crippen molar-refractivity contribution in [1.29, 1.82) is 0 Å². The molecule has 1 aromatic carbocycles. The summed E-state index contributed by atoms with van der Waals surface area (Å²) in [6.07, 6.45) is 1.62. The van der Waals surface area contributed by atoms with Crippen LogP contribution in [0.2, 0.25) is 0 Å². The maximum absolute atomic E-state index is 12.1. The fourth-order valence-corrected chi connectivity index (χ4v) is 1.80. The standard InChI is InChI=1S/C13H9NO2/c1-8-4-5-9-11(7-8)16-13-10(12(9)15)3-2-6-14-13/h2-7H,1H3. The van der Waals surface area contributed by atoms with Gasteiger partial charge in [0.05, 0.1) is 10.8 Å². The maximum Gasteiger partial charge on any atom is 0.230 e. The van der Waals surface area contributed by atoms with Crippen LogP contribution in [0, 0.1) is 6.92 Å². The highest BCUT2D eigenvalue weighted by molar-refractivity contribution is 5.88. The van der Waals surface area contributed by atoms with Crippen LogP contribution in [0.5, 0.6) is 0 Å². The smallest absolute Gasteiger partial charge is 0.230 e. The first kappa shape index (κ1) is 9.09. The molecule has 0 fully saturated rings. The molecule has 78 valence electrons. The van der Waals surface area contributed by atoms with E-state index < -0.39 is 0 Å². The van der Waals surface area contributed by atoms with Crippen LogP contribution in [0.25, 0.3) is 22.1 Å². The van der Waals surface area contributed by atoms with Gasteiger partial charge in [-0.15, -0.1) is 0 Å². The molecule has 0 N–H and O–H groups in total. The van der Waals surface area contributed by atoms with Crippen molar-refractivity contribution in [2.24, 2.45) is 0 Å². The fraction of sp³-hybridized carbons (Fsp3) is 0.0769. The highest BCUT2D eigenvalue weighted by Gasteiger charge is 2.07. The Kier molecular flexibility index (Phi) is 1.80. The number of aryl methyl sites for hydroxylation is 1. The van der Waals surface area contributed by atoms with Crippen LogP contribution in [0.1, 0.15) is 5.56 Å². The Morgan fingerprint density at radius 2 is 2.06 bits per heavy atom. The van der Waals surface area contributed by atoms with Crippen molar-refractivity contribution in [3.05, 3.63) is 52.3 Å². The van der Waals surface area contributed by atoms with E-state index in [-0.39, 0.29) is 5.43 Å². The molecule has 0 saturated heterocycles. The van der Waals surface area contributed by atoms with Crippen molar-refractivity contribution in [3.8, 4) is 0 Å². The van der Waals surface area contributed by atoms with Gasteiger partial charge in [-0.25, -0.2) is 4.98 Å². The third-order valence-electron chi connectivity index (χ3n) is 2.60. The molecule has 0 unspecified atom stereocenters. The van der Waals surface area contributed by atoms with Gasteiger partial charge in [-0.3, -0.25) is 4.79 Å². The van der Waals surface area contributed by atoms with Gasteiger partial charge in [-0.1, -0.05) is 6.07 Å². The van der Waals surface area contributed by atoms with Gasteiger partial charge < -0.3 is 4.42 Å². The van der Waals surface area contributed by atoms with E-state index in [4.69, 9.17) is 4.42 Å². The zero-order valence-electron chi connectivity index (χ0n) is 8.73. The third kappa shape index (κ3) is 1.21. The lowest BCUT2D eigenvalue weighted by molar-refractivity contribution is 0.644. The number of hydrogen-bond acceptors (Lipinski definition) is 3. The second kappa shape index (κ2) is 3.17. The first-order valence-corrected chi connectivity index (χ1v) is 5.04. The molecule has 0 atom stereocenters. The number of fused-ring (bicyclic) bond motifs is 2. The minimum Gasteiger partial charge on any atom is -0.437 e. The Labute approximate surface area is 91.3 Å². The Balaban J connectivity index is 2.61. The SMILES string of the molecule is Cc1ccc2c(=O)c3cccnc3oc2c1. The Hall–Kier alpha value is -2.16. The molecule has 3 aromatic rings. The third-order valence-corrected chi connectivity index (χ3v) is 2.60. The van der Waals surface area contributed by atoms with Crippen molar-refractivity contribution in [1.82, 2.24) is 4.98 Å². The monoisotopic (exact) mass is 211 g/mol. The molecule has 0 aliphatic rings. The lowest BCUT2D eigenvalue weighted by Gasteiger charge is -2.00. The van der Waals surface area contributed by atoms with E-state index in [2.05, 4.69) is 4.98 Å². The van der Waals surface area contributed by atoms with Crippen molar-refractivity contribution in [2.75, 3.05) is 0 Å². The van der Waals surface area contributed by atoms with Gasteiger partial charge in [-0.05, 0) is 36.8 Å². The Bertz CT molecular complexity index is 744. The summed E-state index contributed by atoms with van der Waals surface area (Å²) in [6.45, 7) is 1.96. The van der Waals surface area contributed by atoms with Crippen molar-refractivity contribution in [2.45, 2.75) is 6.92 Å². The summed E-state index contributed by atoms with van der Waals surface area (Å²) in [5, 5.41) is 1.13. The number of benzene rings is 1. The Morgan fingerprint density at radius 3 is 2.94 bits per heavy atom. The highest BCUT2D eigenvalue weighted by atomic mass is 16.3. The lowest BCUT2D eigenvalue weighted by Crippen LogP contribution is -2.02. The van der Waals surface area contributed by atoms with Gasteiger partial charge >= 0.3 is 0 Å². The zero-order chi connectivity index (χ0) is 11.1. The van der Waals surface area contributed by atoms with Gasteiger partial charge in [0.2, 0.25) is 11.1 Å². The summed E-state index contributed by atoms with van der Waals surface area (Å²) in [5.41, 5.74) is 2.03. The minimum absolute atomic E-state index is 0.0237. The van der Waals surface area contributed by atoms with E-state index >= 15 is 0 Å². The molecule has 2 heterocycles. The fourth-order valence-electron chi connectivity index (χ4n) is 1.80. The molecule has 16 heavy (non-hydrogen) atoms. The average molecular weight is 211 g/mol. The molecular formula is C13H9NO2. The molecule has 2 aromatic heterocycles. The van der Waals surface area contributed by atoms with Crippen LogP contribution in [-0.4, -0.2) is 4.98 Å². The molecule has 0 amide bonds. The lowest BCUT2D eigenvalue weighted by atomic mass is 10.1. The molecule has 0 aliphatic carbocycles. The summed E-state index contributed by atoms with van der Waals surface area (Å²) in [4.78, 5) is 16.2. The quantitative estimate of drug-likeness (QED) is 0.537. The van der Waals surface area contributed by atoms with Crippen LogP contribution >= 0.6 is 0 Å². The molecule has 0 saturated carbocycles. The van der Waals surface area contributed by atoms with Crippen LogP contribution in [0.15, 0.2) is 45.7 Å². The average Bonchev–Trinajstić information content (AvgIpc) is 2.29. The van der Waals surface area contributed by atoms with Crippen LogP contribution in [0.3, 0.4) is 0 Å². The van der Waals surface area contributed by atoms with Crippen LogP contribution in [0.4, 0.5) is 0 Å². The van der Waals surface area contributed by atoms with Crippen molar-refractivity contribution >= 4 is 22.1 Å². The van der Waals surface area contributed by atoms with Gasteiger partial charge in [0.15, 0.2) is 0 Å². The molecule has 3 heteroatoms. The molecule has 0 spiro atoms. The predicted molar refractivity (Wildman–Crippen MR) is 62.5 cm³/mol. The summed E-state index contributed by atoms with van der Waals surface area (Å²) < 4.78 is 5.60. The van der Waals surface area contributed by atoms with Crippen LogP contribution < -0.4 is 5.43 Å². The molecule has 3 nitrogen and oxygen atoms in total. The molecule has 0 aliphatic heterocycles. The first-order valence-electron chi connectivity index (χ1n) is 5.04. The number of rotatable bonds is 0. The molecule has 0 bridgehead atoms. The van der Waals surface area contributed by atoms with Gasteiger partial charge in [0.1, 0.15) is 5.58 Å². The van der Waals surface area contributed by atoms with Crippen LogP contribution in [-0.2, 0) is 0 Å². The van der Waals surface area contributed by atoms with Gasteiger partial charge in [0.25, 0.3) is 0 Å². The molecule has 3 rings (SSSR count). The highest BCUT2D eigenvalue weighted by Crippen LogP contribution is 2.17. The zero-order valence-corrected chi connectivity index (χ0v) is 8.73. The van der Waals surface area contributed by atoms with E-state index in [9.17, 15) is 4.79 Å². The number of nitrogens with zero attached hydrogens (tertiary/aromatic N) is 1. The largest absolute Gasteiger partial charge is 0.437 e. The summed E-state index contributed by atoms with van der Waals surface area (Å²) in [5.74, 6) is 0. The summed E-state index contributed by atoms with van der Waals surface area (Å²) in [7, 11) is 0. The van der Waals surface area contributed by atoms with E-state index in [0.29, 0.717) is 22.1 Å². The number of hydrogen-bond donors (Lipinski definition) is 0. The minimum atomic E-state index is -0.0237. The van der Waals surface area contributed by atoms with Gasteiger partial charge in [-0.2, -0.15) is 0 Å². The second-order valence-corrected chi connectivity index (χ2v) is 3.79. The summed E-state index contributed by atoms with van der Waals surface area (Å²) in [6, 6.07) is 9.02. The summed E-state index contributed by atoms with van der Waals surface area (Å²) >= 11 is 0. The predicted octanol–water partition coefficient (Wildman–Crippen LogP) is 2.65. The van der Waals surface area contributed by atoms with E-state index in [0.717, 1.165) is 5.56 Å². The van der Waals surface area contributed by atoms with Gasteiger partial charge in [0, 0.05) is 6.20 Å². The van der Waals surface area contributed by atoms with Crippen molar-refractivity contribution < 1.29 is 4.42 Å². The van der Waals surface area contributed by atoms with E-state index in [1.165, 1.54) is 0 Å². The Morgan fingerprint density at radius 1 is 1.19 bits per heavy atom. The first-order chi connectivity index (χ1) is 7.75. The topological polar surface area (TPSA) is 43.1 Å². The van der Waals surface area contributed by atoms with E-state index in [1.54, 1.807) is 24.4 Å². The maximum atomic E-state index is 12.1. The number of pyridine rings is 1.